The summed E-state index contributed by atoms with van der Waals surface area (Å²) in [6, 6.07) is 4.29. The molecule has 0 spiro atoms. The summed E-state index contributed by atoms with van der Waals surface area (Å²) in [5, 5.41) is 12.7. The minimum absolute atomic E-state index is 0.334. The lowest BCUT2D eigenvalue weighted by molar-refractivity contribution is 0.174. The summed E-state index contributed by atoms with van der Waals surface area (Å²) in [4.78, 5) is 0. The molecular weight excluding hydrogens is 249 g/mol. The van der Waals surface area contributed by atoms with Crippen molar-refractivity contribution in [3.05, 3.63) is 34.1 Å². The SMILES string of the molecule is CCNCC(O)c1cc(F)ccc1Br. The number of likely N-dealkylation sites (N-methyl/N-ethyl adjacent to an activating group) is 1. The lowest BCUT2D eigenvalue weighted by atomic mass is 10.1. The number of aliphatic hydroxyl groups is 1. The van der Waals surface area contributed by atoms with E-state index in [9.17, 15) is 9.50 Å². The van der Waals surface area contributed by atoms with Gasteiger partial charge in [0.25, 0.3) is 0 Å². The molecule has 2 nitrogen and oxygen atoms in total. The molecule has 1 unspecified atom stereocenters. The first-order chi connectivity index (χ1) is 6.65. The fourth-order valence-corrected chi connectivity index (χ4v) is 1.67. The number of nitrogens with one attached hydrogen (secondary N) is 1. The summed E-state index contributed by atoms with van der Waals surface area (Å²) < 4.78 is 13.6. The van der Waals surface area contributed by atoms with Crippen molar-refractivity contribution in [1.82, 2.24) is 5.32 Å². The molecule has 4 heteroatoms. The molecule has 14 heavy (non-hydrogen) atoms. The Balaban J connectivity index is 2.77. The van der Waals surface area contributed by atoms with Crippen LogP contribution in [-0.2, 0) is 0 Å². The monoisotopic (exact) mass is 261 g/mol. The highest BCUT2D eigenvalue weighted by Gasteiger charge is 2.11. The molecule has 0 saturated heterocycles. The van der Waals surface area contributed by atoms with E-state index in [4.69, 9.17) is 0 Å². The van der Waals surface area contributed by atoms with Gasteiger partial charge in [-0.3, -0.25) is 0 Å². The van der Waals surface area contributed by atoms with Crippen LogP contribution in [0.3, 0.4) is 0 Å². The van der Waals surface area contributed by atoms with Gasteiger partial charge in [0, 0.05) is 11.0 Å². The quantitative estimate of drug-likeness (QED) is 0.872. The minimum atomic E-state index is -0.681. The Kier molecular flexibility index (Phi) is 4.51. The van der Waals surface area contributed by atoms with Gasteiger partial charge in [-0.2, -0.15) is 0 Å². The van der Waals surface area contributed by atoms with E-state index in [0.717, 1.165) is 11.0 Å². The third kappa shape index (κ3) is 3.04. The van der Waals surface area contributed by atoms with Gasteiger partial charge in [-0.15, -0.1) is 0 Å². The third-order valence-electron chi connectivity index (χ3n) is 1.90. The number of hydrogen-bond donors (Lipinski definition) is 2. The average molecular weight is 262 g/mol. The van der Waals surface area contributed by atoms with Crippen LogP contribution >= 0.6 is 15.9 Å². The predicted molar refractivity (Wildman–Crippen MR) is 57.6 cm³/mol. The van der Waals surface area contributed by atoms with Crippen LogP contribution in [0.5, 0.6) is 0 Å². The molecule has 0 fully saturated rings. The first kappa shape index (κ1) is 11.6. The molecule has 0 aliphatic rings. The Hall–Kier alpha value is -0.450. The van der Waals surface area contributed by atoms with Crippen molar-refractivity contribution in [2.75, 3.05) is 13.1 Å². The third-order valence-corrected chi connectivity index (χ3v) is 2.63. The van der Waals surface area contributed by atoms with Crippen LogP contribution in [0.15, 0.2) is 22.7 Å². The summed E-state index contributed by atoms with van der Waals surface area (Å²) in [5.74, 6) is -0.334. The van der Waals surface area contributed by atoms with Crippen molar-refractivity contribution in [2.45, 2.75) is 13.0 Å². The number of rotatable bonds is 4. The first-order valence-corrected chi connectivity index (χ1v) is 5.28. The highest BCUT2D eigenvalue weighted by Crippen LogP contribution is 2.23. The second kappa shape index (κ2) is 5.44. The summed E-state index contributed by atoms with van der Waals surface area (Å²) >= 11 is 3.27. The molecule has 0 bridgehead atoms. The summed E-state index contributed by atoms with van der Waals surface area (Å²) in [7, 11) is 0. The highest BCUT2D eigenvalue weighted by atomic mass is 79.9. The standard InChI is InChI=1S/C10H13BrFNO/c1-2-13-6-10(14)8-5-7(12)3-4-9(8)11/h3-5,10,13-14H,2,6H2,1H3. The summed E-state index contributed by atoms with van der Waals surface area (Å²) in [6.07, 6.45) is -0.681. The van der Waals surface area contributed by atoms with Crippen molar-refractivity contribution in [1.29, 1.82) is 0 Å². The van der Waals surface area contributed by atoms with E-state index in [1.807, 2.05) is 6.92 Å². The van der Waals surface area contributed by atoms with Crippen LogP contribution in [0.4, 0.5) is 4.39 Å². The zero-order valence-corrected chi connectivity index (χ0v) is 9.51. The van der Waals surface area contributed by atoms with Gasteiger partial charge in [-0.05, 0) is 30.3 Å². The lowest BCUT2D eigenvalue weighted by Crippen LogP contribution is -2.21. The second-order valence-corrected chi connectivity index (χ2v) is 3.84. The molecule has 0 aliphatic heterocycles. The number of benzene rings is 1. The summed E-state index contributed by atoms with van der Waals surface area (Å²) in [6.45, 7) is 3.16. The molecule has 1 rings (SSSR count). The molecule has 0 saturated carbocycles. The molecule has 1 aromatic carbocycles. The largest absolute Gasteiger partial charge is 0.387 e. The van der Waals surface area contributed by atoms with Gasteiger partial charge in [0.15, 0.2) is 0 Å². The Morgan fingerprint density at radius 3 is 2.93 bits per heavy atom. The van der Waals surface area contributed by atoms with Gasteiger partial charge >= 0.3 is 0 Å². The Labute approximate surface area is 91.3 Å². The number of hydrogen-bond acceptors (Lipinski definition) is 2. The number of aliphatic hydroxyl groups excluding tert-OH is 1. The normalized spacial score (nSPS) is 12.9. The second-order valence-electron chi connectivity index (χ2n) is 2.99. The smallest absolute Gasteiger partial charge is 0.123 e. The van der Waals surface area contributed by atoms with Gasteiger partial charge < -0.3 is 10.4 Å². The van der Waals surface area contributed by atoms with E-state index < -0.39 is 6.10 Å². The minimum Gasteiger partial charge on any atom is -0.387 e. The van der Waals surface area contributed by atoms with Crippen molar-refractivity contribution >= 4 is 15.9 Å². The van der Waals surface area contributed by atoms with E-state index in [1.54, 1.807) is 6.07 Å². The average Bonchev–Trinajstić information content (AvgIpc) is 2.18. The Morgan fingerprint density at radius 2 is 2.29 bits per heavy atom. The lowest BCUT2D eigenvalue weighted by Gasteiger charge is -2.13. The molecular formula is C10H13BrFNO. The van der Waals surface area contributed by atoms with Crippen LogP contribution in [0.2, 0.25) is 0 Å². The summed E-state index contributed by atoms with van der Waals surface area (Å²) in [5.41, 5.74) is 0.575. The fraction of sp³-hybridized carbons (Fsp3) is 0.400. The molecule has 2 N–H and O–H groups in total. The molecule has 0 heterocycles. The van der Waals surface area contributed by atoms with Crippen LogP contribution in [0.1, 0.15) is 18.6 Å². The van der Waals surface area contributed by atoms with Gasteiger partial charge in [0.2, 0.25) is 0 Å². The molecule has 1 aromatic rings. The number of halogens is 2. The van der Waals surface area contributed by atoms with Crippen LogP contribution < -0.4 is 5.32 Å². The van der Waals surface area contributed by atoms with E-state index >= 15 is 0 Å². The fourth-order valence-electron chi connectivity index (χ4n) is 1.16. The first-order valence-electron chi connectivity index (χ1n) is 4.49. The maximum Gasteiger partial charge on any atom is 0.123 e. The molecule has 1 atom stereocenters. The van der Waals surface area contributed by atoms with Crippen molar-refractivity contribution in [3.63, 3.8) is 0 Å². The van der Waals surface area contributed by atoms with E-state index in [1.165, 1.54) is 12.1 Å². The maximum atomic E-state index is 12.9. The van der Waals surface area contributed by atoms with Crippen LogP contribution in [0.25, 0.3) is 0 Å². The molecule has 78 valence electrons. The predicted octanol–water partition coefficient (Wildman–Crippen LogP) is 2.23. The van der Waals surface area contributed by atoms with Gasteiger partial charge in [0.05, 0.1) is 6.10 Å². The molecule has 0 amide bonds. The van der Waals surface area contributed by atoms with Gasteiger partial charge in [-0.25, -0.2) is 4.39 Å². The molecule has 0 aliphatic carbocycles. The zero-order chi connectivity index (χ0) is 10.6. The van der Waals surface area contributed by atoms with Crippen LogP contribution in [0, 0.1) is 5.82 Å². The van der Waals surface area contributed by atoms with Crippen molar-refractivity contribution in [3.8, 4) is 0 Å². The van der Waals surface area contributed by atoms with E-state index in [0.29, 0.717) is 12.1 Å². The maximum absolute atomic E-state index is 12.9. The van der Waals surface area contributed by atoms with Crippen molar-refractivity contribution < 1.29 is 9.50 Å². The van der Waals surface area contributed by atoms with Crippen molar-refractivity contribution in [2.24, 2.45) is 0 Å². The van der Waals surface area contributed by atoms with E-state index in [2.05, 4.69) is 21.2 Å². The van der Waals surface area contributed by atoms with Gasteiger partial charge in [0.1, 0.15) is 5.82 Å². The van der Waals surface area contributed by atoms with E-state index in [-0.39, 0.29) is 5.82 Å². The Bertz CT molecular complexity index is 306. The van der Waals surface area contributed by atoms with Gasteiger partial charge in [-0.1, -0.05) is 22.9 Å². The highest BCUT2D eigenvalue weighted by molar-refractivity contribution is 9.10. The molecule has 0 radical (unpaired) electrons. The zero-order valence-electron chi connectivity index (χ0n) is 7.93. The molecule has 0 aromatic heterocycles. The topological polar surface area (TPSA) is 32.3 Å². The Morgan fingerprint density at radius 1 is 1.57 bits per heavy atom. The van der Waals surface area contributed by atoms with Crippen LogP contribution in [-0.4, -0.2) is 18.2 Å².